The Kier molecular flexibility index (Phi) is 4.78. The molecule has 31 heavy (non-hydrogen) atoms. The molecule has 7 nitrogen and oxygen atoms in total. The van der Waals surface area contributed by atoms with Gasteiger partial charge in [0.2, 0.25) is 12.7 Å². The van der Waals surface area contributed by atoms with Crippen LogP contribution in [0.25, 0.3) is 0 Å². The number of pyridine rings is 1. The maximum atomic E-state index is 13.5. The van der Waals surface area contributed by atoms with Gasteiger partial charge < -0.3 is 19.7 Å². The number of amides is 2. The Morgan fingerprint density at radius 2 is 1.97 bits per heavy atom. The van der Waals surface area contributed by atoms with Gasteiger partial charge in [-0.15, -0.1) is 0 Å². The van der Waals surface area contributed by atoms with Crippen molar-refractivity contribution >= 4 is 11.8 Å². The topological polar surface area (TPSA) is 80.8 Å². The highest BCUT2D eigenvalue weighted by molar-refractivity contribution is 6.01. The Bertz CT molecular complexity index is 1150. The lowest BCUT2D eigenvalue weighted by Gasteiger charge is -2.39. The molecule has 0 spiro atoms. The molecular weight excluding hydrogens is 394 g/mol. The molecule has 0 saturated heterocycles. The molecule has 5 rings (SSSR count). The van der Waals surface area contributed by atoms with E-state index in [1.807, 2.05) is 48.5 Å². The number of likely N-dealkylation sites (N-methyl/N-ethyl adjacent to an activating group) is 1. The molecule has 7 heteroatoms. The first-order chi connectivity index (χ1) is 15.1. The first-order valence-electron chi connectivity index (χ1n) is 10.1. The Labute approximate surface area is 179 Å². The van der Waals surface area contributed by atoms with Crippen LogP contribution in [0.15, 0.2) is 67.0 Å². The zero-order valence-electron chi connectivity index (χ0n) is 16.9. The van der Waals surface area contributed by atoms with Crippen LogP contribution in [-0.4, -0.2) is 35.5 Å². The number of hydrogen-bond donors (Lipinski definition) is 1. The van der Waals surface area contributed by atoms with Gasteiger partial charge in [0.15, 0.2) is 11.5 Å². The zero-order chi connectivity index (χ0) is 21.4. The van der Waals surface area contributed by atoms with Crippen molar-refractivity contribution in [1.82, 2.24) is 15.2 Å². The first kappa shape index (κ1) is 19.1. The van der Waals surface area contributed by atoms with Crippen molar-refractivity contribution in [3.8, 4) is 11.5 Å². The second-order valence-corrected chi connectivity index (χ2v) is 7.62. The van der Waals surface area contributed by atoms with E-state index in [1.54, 1.807) is 30.4 Å². The molecule has 0 radical (unpaired) electrons. The number of aromatic nitrogens is 1. The minimum absolute atomic E-state index is 0.116. The lowest BCUT2D eigenvalue weighted by molar-refractivity contribution is -0.124. The Hall–Kier alpha value is -3.87. The van der Waals surface area contributed by atoms with Crippen LogP contribution in [0.2, 0.25) is 0 Å². The number of rotatable bonds is 4. The van der Waals surface area contributed by atoms with Crippen molar-refractivity contribution < 1.29 is 19.1 Å². The third kappa shape index (κ3) is 3.38. The summed E-state index contributed by atoms with van der Waals surface area (Å²) in [7, 11) is 1.73. The van der Waals surface area contributed by atoms with Crippen LogP contribution >= 0.6 is 0 Å². The maximum Gasteiger partial charge on any atom is 0.254 e. The van der Waals surface area contributed by atoms with Gasteiger partial charge >= 0.3 is 0 Å². The van der Waals surface area contributed by atoms with Gasteiger partial charge in [-0.3, -0.25) is 14.6 Å². The van der Waals surface area contributed by atoms with Crippen LogP contribution in [-0.2, 0) is 11.3 Å². The predicted octanol–water partition coefficient (Wildman–Crippen LogP) is 3.04. The van der Waals surface area contributed by atoms with Gasteiger partial charge in [-0.25, -0.2) is 0 Å². The van der Waals surface area contributed by atoms with Crippen LogP contribution in [0.4, 0.5) is 0 Å². The fraction of sp³-hybridized carbons (Fsp3) is 0.208. The van der Waals surface area contributed by atoms with Crippen molar-refractivity contribution in [2.75, 3.05) is 13.8 Å². The summed E-state index contributed by atoms with van der Waals surface area (Å²) < 4.78 is 10.9. The fourth-order valence-electron chi connectivity index (χ4n) is 4.27. The molecule has 0 bridgehead atoms. The molecule has 2 atom stereocenters. The largest absolute Gasteiger partial charge is 0.454 e. The average molecular weight is 415 g/mol. The van der Waals surface area contributed by atoms with Gasteiger partial charge in [0.1, 0.15) is 0 Å². The molecule has 0 saturated carbocycles. The molecular formula is C24H21N3O4. The van der Waals surface area contributed by atoms with Crippen molar-refractivity contribution in [3.63, 3.8) is 0 Å². The standard InChI is InChI=1S/C24H21N3O4/c1-27-22(16-8-9-19-20(11-16)31-14-30-19)21(17-6-2-3-7-18(17)24(27)29)23(28)26-13-15-5-4-10-25-12-15/h2-12,21-22H,13-14H2,1H3,(H,26,28)/t21-,22-/m1/s1. The van der Waals surface area contributed by atoms with Crippen LogP contribution in [0.1, 0.15) is 39.0 Å². The molecule has 156 valence electrons. The van der Waals surface area contributed by atoms with Gasteiger partial charge in [0.05, 0.1) is 12.0 Å². The second-order valence-electron chi connectivity index (χ2n) is 7.62. The summed E-state index contributed by atoms with van der Waals surface area (Å²) in [4.78, 5) is 32.3. The summed E-state index contributed by atoms with van der Waals surface area (Å²) in [5, 5.41) is 3.02. The Balaban J connectivity index is 1.54. The molecule has 2 aliphatic heterocycles. The van der Waals surface area contributed by atoms with E-state index < -0.39 is 12.0 Å². The highest BCUT2D eigenvalue weighted by Crippen LogP contribution is 2.44. The van der Waals surface area contributed by atoms with E-state index in [1.165, 1.54) is 0 Å². The number of benzene rings is 2. The summed E-state index contributed by atoms with van der Waals surface area (Å²) in [6.07, 6.45) is 3.42. The third-order valence-corrected chi connectivity index (χ3v) is 5.79. The predicted molar refractivity (Wildman–Crippen MR) is 113 cm³/mol. The third-order valence-electron chi connectivity index (χ3n) is 5.79. The van der Waals surface area contributed by atoms with E-state index in [9.17, 15) is 9.59 Å². The normalized spacial score (nSPS) is 19.1. The van der Waals surface area contributed by atoms with Crippen LogP contribution in [0.5, 0.6) is 11.5 Å². The number of ether oxygens (including phenoxy) is 2. The molecule has 0 unspecified atom stereocenters. The van der Waals surface area contributed by atoms with Crippen LogP contribution < -0.4 is 14.8 Å². The smallest absolute Gasteiger partial charge is 0.254 e. The van der Waals surface area contributed by atoms with E-state index in [-0.39, 0.29) is 18.6 Å². The summed E-state index contributed by atoms with van der Waals surface area (Å²) >= 11 is 0. The average Bonchev–Trinajstić information content (AvgIpc) is 3.28. The molecule has 2 amide bonds. The van der Waals surface area contributed by atoms with Crippen molar-refractivity contribution in [1.29, 1.82) is 0 Å². The monoisotopic (exact) mass is 415 g/mol. The van der Waals surface area contributed by atoms with Gasteiger partial charge in [0, 0.05) is 31.5 Å². The van der Waals surface area contributed by atoms with Gasteiger partial charge in [-0.05, 0) is 41.0 Å². The number of nitrogens with one attached hydrogen (secondary N) is 1. The second kappa shape index (κ2) is 7.75. The summed E-state index contributed by atoms with van der Waals surface area (Å²) in [6, 6.07) is 16.1. The van der Waals surface area contributed by atoms with Gasteiger partial charge in [-0.1, -0.05) is 30.3 Å². The minimum Gasteiger partial charge on any atom is -0.454 e. The molecule has 0 fully saturated rings. The Morgan fingerprint density at radius 3 is 2.81 bits per heavy atom. The summed E-state index contributed by atoms with van der Waals surface area (Å²) in [5.74, 6) is 0.432. The zero-order valence-corrected chi connectivity index (χ0v) is 16.9. The van der Waals surface area contributed by atoms with Crippen LogP contribution in [0, 0.1) is 0 Å². The molecule has 1 aromatic heterocycles. The lowest BCUT2D eigenvalue weighted by atomic mass is 9.79. The van der Waals surface area contributed by atoms with Crippen molar-refractivity contribution in [2.45, 2.75) is 18.5 Å². The first-order valence-corrected chi connectivity index (χ1v) is 10.1. The van der Waals surface area contributed by atoms with E-state index in [0.29, 0.717) is 23.6 Å². The fourth-order valence-corrected chi connectivity index (χ4v) is 4.27. The number of nitrogens with zero attached hydrogens (tertiary/aromatic N) is 2. The van der Waals surface area contributed by atoms with Crippen molar-refractivity contribution in [2.24, 2.45) is 0 Å². The quantitative estimate of drug-likeness (QED) is 0.709. The van der Waals surface area contributed by atoms with E-state index in [2.05, 4.69) is 10.3 Å². The number of carbonyl (C=O) groups is 2. The highest BCUT2D eigenvalue weighted by Gasteiger charge is 2.42. The number of hydrogen-bond acceptors (Lipinski definition) is 5. The maximum absolute atomic E-state index is 13.5. The molecule has 3 aromatic rings. The summed E-state index contributed by atoms with van der Waals surface area (Å²) in [6.45, 7) is 0.521. The van der Waals surface area contributed by atoms with Gasteiger partial charge in [0.25, 0.3) is 5.91 Å². The van der Waals surface area contributed by atoms with Gasteiger partial charge in [-0.2, -0.15) is 0 Å². The SMILES string of the molecule is CN1C(=O)c2ccccc2[C@@H](C(=O)NCc2cccnc2)[C@H]1c1ccc2c(c1)OCO2. The summed E-state index contributed by atoms with van der Waals surface area (Å²) in [5.41, 5.74) is 2.99. The van der Waals surface area contributed by atoms with Crippen LogP contribution in [0.3, 0.4) is 0 Å². The minimum atomic E-state index is -0.573. The number of carbonyl (C=O) groups excluding carboxylic acids is 2. The molecule has 2 aliphatic rings. The molecule has 3 heterocycles. The van der Waals surface area contributed by atoms with E-state index in [4.69, 9.17) is 9.47 Å². The highest BCUT2D eigenvalue weighted by atomic mass is 16.7. The lowest BCUT2D eigenvalue weighted by Crippen LogP contribution is -2.45. The van der Waals surface area contributed by atoms with E-state index >= 15 is 0 Å². The molecule has 1 N–H and O–H groups in total. The Morgan fingerprint density at radius 1 is 1.13 bits per heavy atom. The molecule has 2 aromatic carbocycles. The van der Waals surface area contributed by atoms with E-state index in [0.717, 1.165) is 16.7 Å². The van der Waals surface area contributed by atoms with Crippen molar-refractivity contribution in [3.05, 3.63) is 89.2 Å². The molecule has 0 aliphatic carbocycles. The number of fused-ring (bicyclic) bond motifs is 2.